The maximum absolute atomic E-state index is 14.4. The van der Waals surface area contributed by atoms with E-state index in [9.17, 15) is 27.2 Å². The summed E-state index contributed by atoms with van der Waals surface area (Å²) in [5.74, 6) is -3.66. The van der Waals surface area contributed by atoms with Crippen LogP contribution in [-0.4, -0.2) is 95.8 Å². The molecule has 2 aromatic heterocycles. The number of carbonyl (C=O) groups excluding carboxylic acids is 2. The minimum Gasteiger partial charge on any atom is -0.399 e. The summed E-state index contributed by atoms with van der Waals surface area (Å²) in [6, 6.07) is 31.9. The minimum absolute atomic E-state index is 0.0119. The Labute approximate surface area is 482 Å². The SMILES string of the molecule is CC1(C)OB(c2ccc3nc(N)nc(C(=O)N4Cc5ccccc5C4)c3c2)OC1(C)C.Fc1cc(Br)c(CN2CCCC2)cc1F.Nc1nc(C(=O)N2Cc3ccccc3C2)c2cc(-c3cc(F)c(F)cc3CN3CCCC3)ccc2n1. The van der Waals surface area contributed by atoms with Crippen molar-refractivity contribution in [1.82, 2.24) is 39.5 Å². The fourth-order valence-electron chi connectivity index (χ4n) is 11.2. The van der Waals surface area contributed by atoms with Crippen LogP contribution in [0.5, 0.6) is 0 Å². The van der Waals surface area contributed by atoms with Crippen molar-refractivity contribution in [2.75, 3.05) is 37.6 Å². The van der Waals surface area contributed by atoms with Gasteiger partial charge in [0.15, 0.2) is 23.3 Å². The number of amides is 2. The molecule has 0 unspecified atom stereocenters. The number of hydrogen-bond donors (Lipinski definition) is 2. The normalized spacial score (nSPS) is 17.2. The van der Waals surface area contributed by atoms with Crippen LogP contribution in [0.25, 0.3) is 32.9 Å². The number of carbonyl (C=O) groups is 2. The molecule has 0 bridgehead atoms. The molecule has 3 saturated heterocycles. The van der Waals surface area contributed by atoms with E-state index in [1.807, 2.05) is 94.4 Å². The van der Waals surface area contributed by atoms with Crippen LogP contribution < -0.4 is 16.9 Å². The maximum atomic E-state index is 14.4. The van der Waals surface area contributed by atoms with E-state index >= 15 is 0 Å². The topological polar surface area (TPSA) is 169 Å². The molecule has 13 rings (SSSR count). The summed E-state index contributed by atoms with van der Waals surface area (Å²) >= 11 is 3.26. The summed E-state index contributed by atoms with van der Waals surface area (Å²) in [5, 5.41) is 1.17. The van der Waals surface area contributed by atoms with Crippen LogP contribution in [0.1, 0.15) is 108 Å². The van der Waals surface area contributed by atoms with Crippen LogP contribution >= 0.6 is 15.9 Å². The zero-order chi connectivity index (χ0) is 57.6. The first-order valence-corrected chi connectivity index (χ1v) is 28.4. The number of benzene rings is 6. The summed E-state index contributed by atoms with van der Waals surface area (Å²) in [6.45, 7) is 15.3. The average Bonchev–Trinajstić information content (AvgIpc) is 4.34. The van der Waals surface area contributed by atoms with Gasteiger partial charge in [0, 0.05) is 54.5 Å². The molecule has 422 valence electrons. The standard InChI is InChI=1S/C28H25F2N5O.C23H25BN4O3.C11H12BrF2N/c29-23-12-20(14-34-9-3-4-10-34)21(13-24(23)30)17-7-8-25-22(11-17)26(33-28(31)32-25)27(36)35-15-18-5-1-2-6-19(18)16-35;1-22(2)23(3,4)31-24(30-22)16-9-10-18-17(11-16)19(27-21(25)26-18)20(29)28-12-14-7-5-6-8-15(14)13-28;12-9-6-11(14)10(13)5-8(9)7-15-3-1-2-4-15/h1-2,5-8,11-13H,3-4,9-10,14-16H2,(H2,31,32,33);5-11H,12-13H2,1-4H3,(H2,25,26,27);5-6H,1-4,7H2. The number of hydrogen-bond acceptors (Lipinski definition) is 12. The summed E-state index contributed by atoms with van der Waals surface area (Å²) in [4.78, 5) is 52.3. The van der Waals surface area contributed by atoms with Crippen molar-refractivity contribution in [3.05, 3.63) is 182 Å². The first kappa shape index (κ1) is 56.5. The number of aromatic nitrogens is 4. The van der Waals surface area contributed by atoms with Gasteiger partial charge in [-0.1, -0.05) is 82.7 Å². The first-order valence-electron chi connectivity index (χ1n) is 27.6. The summed E-state index contributed by atoms with van der Waals surface area (Å²) < 4.78 is 67.5. The molecule has 0 radical (unpaired) electrons. The van der Waals surface area contributed by atoms with E-state index in [2.05, 4.69) is 45.7 Å². The van der Waals surface area contributed by atoms with Crippen molar-refractivity contribution >= 4 is 74.0 Å². The number of rotatable bonds is 8. The number of nitrogens with zero attached hydrogens (tertiary/aromatic N) is 8. The highest BCUT2D eigenvalue weighted by Gasteiger charge is 2.52. The van der Waals surface area contributed by atoms with Crippen molar-refractivity contribution in [2.45, 2.75) is 104 Å². The van der Waals surface area contributed by atoms with Gasteiger partial charge in [0.1, 0.15) is 11.4 Å². The minimum atomic E-state index is -0.907. The Kier molecular flexibility index (Phi) is 15.9. The zero-order valence-electron chi connectivity index (χ0n) is 46.1. The fourth-order valence-corrected chi connectivity index (χ4v) is 11.7. The fraction of sp³-hybridized carbons (Fsp3) is 0.323. The molecule has 8 aromatic rings. The molecule has 0 saturated carbocycles. The molecule has 20 heteroatoms. The van der Waals surface area contributed by atoms with Crippen LogP contribution in [0.3, 0.4) is 0 Å². The highest BCUT2D eigenvalue weighted by molar-refractivity contribution is 9.10. The average molecular weight is 1180 g/mol. The second-order valence-electron chi connectivity index (χ2n) is 22.6. The van der Waals surface area contributed by atoms with E-state index in [0.717, 1.165) is 72.3 Å². The Hall–Kier alpha value is -7.36. The molecule has 0 atom stereocenters. The van der Waals surface area contributed by atoms with Crippen molar-refractivity contribution < 1.29 is 36.5 Å². The Morgan fingerprint density at radius 1 is 0.549 bits per heavy atom. The van der Waals surface area contributed by atoms with Crippen LogP contribution in [-0.2, 0) is 48.6 Å². The number of fused-ring (bicyclic) bond motifs is 4. The lowest BCUT2D eigenvalue weighted by atomic mass is 9.78. The highest BCUT2D eigenvalue weighted by Crippen LogP contribution is 2.38. The number of likely N-dealkylation sites (tertiary alicyclic amines) is 2. The van der Waals surface area contributed by atoms with Gasteiger partial charge in [0.2, 0.25) is 11.9 Å². The third kappa shape index (κ3) is 11.8. The smallest absolute Gasteiger partial charge is 0.399 e. The Balaban J connectivity index is 0.000000139. The third-order valence-electron chi connectivity index (χ3n) is 16.4. The molecule has 5 aliphatic heterocycles. The lowest BCUT2D eigenvalue weighted by Crippen LogP contribution is -2.41. The molecule has 4 N–H and O–H groups in total. The van der Waals surface area contributed by atoms with Gasteiger partial charge in [0.05, 0.1) is 22.2 Å². The largest absolute Gasteiger partial charge is 0.494 e. The van der Waals surface area contributed by atoms with Crippen molar-refractivity contribution in [1.29, 1.82) is 0 Å². The molecule has 3 fully saturated rings. The summed E-state index contributed by atoms with van der Waals surface area (Å²) in [7, 11) is -0.536. The number of nitrogens with two attached hydrogens (primary N) is 2. The van der Waals surface area contributed by atoms with Gasteiger partial charge in [-0.05, 0) is 172 Å². The van der Waals surface area contributed by atoms with Gasteiger partial charge < -0.3 is 30.6 Å². The molecule has 0 spiro atoms. The lowest BCUT2D eigenvalue weighted by Gasteiger charge is -2.32. The molecular formula is C62H62BBrF4N10O4. The number of halogens is 5. The van der Waals surface area contributed by atoms with Gasteiger partial charge in [0.25, 0.3) is 11.8 Å². The molecule has 82 heavy (non-hydrogen) atoms. The molecule has 0 aliphatic carbocycles. The van der Waals surface area contributed by atoms with E-state index in [1.54, 1.807) is 28.0 Å². The summed E-state index contributed by atoms with van der Waals surface area (Å²) in [6.07, 6.45) is 4.59. The second kappa shape index (κ2) is 23.1. The van der Waals surface area contributed by atoms with Crippen molar-refractivity contribution in [2.24, 2.45) is 0 Å². The van der Waals surface area contributed by atoms with Gasteiger partial charge in [-0.15, -0.1) is 0 Å². The van der Waals surface area contributed by atoms with Crippen LogP contribution in [0, 0.1) is 23.3 Å². The zero-order valence-corrected chi connectivity index (χ0v) is 47.7. The van der Waals surface area contributed by atoms with E-state index in [4.69, 9.17) is 20.8 Å². The summed E-state index contributed by atoms with van der Waals surface area (Å²) in [5.41, 5.74) is 20.7. The van der Waals surface area contributed by atoms with Crippen LogP contribution in [0.15, 0.2) is 114 Å². The Morgan fingerprint density at radius 2 is 0.963 bits per heavy atom. The van der Waals surface area contributed by atoms with Gasteiger partial charge in [-0.25, -0.2) is 37.5 Å². The molecule has 2 amide bonds. The van der Waals surface area contributed by atoms with Gasteiger partial charge in [-0.2, -0.15) is 0 Å². The second-order valence-corrected chi connectivity index (χ2v) is 23.4. The van der Waals surface area contributed by atoms with Crippen molar-refractivity contribution in [3.63, 3.8) is 0 Å². The number of nitrogen functional groups attached to an aromatic ring is 2. The maximum Gasteiger partial charge on any atom is 0.494 e. The van der Waals surface area contributed by atoms with Crippen LogP contribution in [0.4, 0.5) is 29.5 Å². The van der Waals surface area contributed by atoms with E-state index in [-0.39, 0.29) is 29.4 Å². The van der Waals surface area contributed by atoms with Crippen LogP contribution in [0.2, 0.25) is 0 Å². The van der Waals surface area contributed by atoms with E-state index in [0.29, 0.717) is 87.9 Å². The van der Waals surface area contributed by atoms with Gasteiger partial charge >= 0.3 is 7.12 Å². The molecule has 7 heterocycles. The predicted molar refractivity (Wildman–Crippen MR) is 312 cm³/mol. The Morgan fingerprint density at radius 3 is 1.45 bits per heavy atom. The quantitative estimate of drug-likeness (QED) is 0.0840. The molecule has 5 aliphatic rings. The highest BCUT2D eigenvalue weighted by atomic mass is 79.9. The molecule has 14 nitrogen and oxygen atoms in total. The number of anilines is 2. The Bertz CT molecular complexity index is 3720. The van der Waals surface area contributed by atoms with E-state index in [1.165, 1.54) is 37.1 Å². The predicted octanol–water partition coefficient (Wildman–Crippen LogP) is 10.9. The molecule has 6 aromatic carbocycles. The van der Waals surface area contributed by atoms with Crippen molar-refractivity contribution in [3.8, 4) is 11.1 Å². The first-order chi connectivity index (χ1) is 39.3. The molecular weight excluding hydrogens is 1120 g/mol. The van der Waals surface area contributed by atoms with Gasteiger partial charge in [-0.3, -0.25) is 19.4 Å². The van der Waals surface area contributed by atoms with E-state index < -0.39 is 41.6 Å². The monoisotopic (exact) mass is 1180 g/mol. The third-order valence-corrected chi connectivity index (χ3v) is 17.1. The lowest BCUT2D eigenvalue weighted by molar-refractivity contribution is 0.00578.